The second kappa shape index (κ2) is 6.73. The summed E-state index contributed by atoms with van der Waals surface area (Å²) in [6.45, 7) is 2.32. The first-order chi connectivity index (χ1) is 9.13. The van der Waals surface area contributed by atoms with E-state index in [1.165, 1.54) is 6.07 Å². The highest BCUT2D eigenvalue weighted by molar-refractivity contribution is 7.99. The minimum atomic E-state index is -0.148. The minimum Gasteiger partial charge on any atom is -0.395 e. The van der Waals surface area contributed by atoms with Crippen LogP contribution in [-0.4, -0.2) is 35.3 Å². The van der Waals surface area contributed by atoms with E-state index < -0.39 is 0 Å². The first-order valence-electron chi connectivity index (χ1n) is 6.79. The third-order valence-corrected chi connectivity index (χ3v) is 5.16. The summed E-state index contributed by atoms with van der Waals surface area (Å²) in [6.07, 6.45) is 4.13. The van der Waals surface area contributed by atoms with Gasteiger partial charge in [0.25, 0.3) is 0 Å². The Morgan fingerprint density at radius 2 is 2.21 bits per heavy atom. The zero-order valence-electron chi connectivity index (χ0n) is 11.5. The molecule has 0 spiro atoms. The molecule has 1 aliphatic rings. The average Bonchev–Trinajstić information content (AvgIpc) is 2.34. The third-order valence-electron chi connectivity index (χ3n) is 4.00. The minimum absolute atomic E-state index is 0.148. The standard InChI is InChI=1S/C15H22FNOS/c1-10(15(9-18)19-2)17-14-7-12(8-14)11-4-3-5-13(16)6-11/h3-6,10,12,14-15,17-18H,7-9H2,1-2H3. The van der Waals surface area contributed by atoms with Crippen LogP contribution in [0.15, 0.2) is 24.3 Å². The maximum atomic E-state index is 13.1. The van der Waals surface area contributed by atoms with Crippen LogP contribution in [0, 0.1) is 5.82 Å². The molecule has 2 N–H and O–H groups in total. The lowest BCUT2D eigenvalue weighted by Gasteiger charge is -2.39. The van der Waals surface area contributed by atoms with Gasteiger partial charge in [0.2, 0.25) is 0 Å². The van der Waals surface area contributed by atoms with Gasteiger partial charge in [0, 0.05) is 17.3 Å². The lowest BCUT2D eigenvalue weighted by atomic mass is 9.75. The van der Waals surface area contributed by atoms with Crippen molar-refractivity contribution in [3.8, 4) is 0 Å². The molecule has 1 aromatic rings. The lowest BCUT2D eigenvalue weighted by Crippen LogP contribution is -2.48. The molecule has 0 heterocycles. The van der Waals surface area contributed by atoms with E-state index >= 15 is 0 Å². The van der Waals surface area contributed by atoms with E-state index in [4.69, 9.17) is 0 Å². The Hall–Kier alpha value is -0.580. The summed E-state index contributed by atoms with van der Waals surface area (Å²) in [4.78, 5) is 0. The van der Waals surface area contributed by atoms with Gasteiger partial charge < -0.3 is 10.4 Å². The smallest absolute Gasteiger partial charge is 0.123 e. The van der Waals surface area contributed by atoms with Crippen LogP contribution in [0.3, 0.4) is 0 Å². The van der Waals surface area contributed by atoms with Gasteiger partial charge in [-0.2, -0.15) is 11.8 Å². The number of nitrogens with one attached hydrogen (secondary N) is 1. The first kappa shape index (κ1) is 14.8. The highest BCUT2D eigenvalue weighted by Crippen LogP contribution is 2.37. The van der Waals surface area contributed by atoms with Crippen molar-refractivity contribution in [1.82, 2.24) is 5.32 Å². The van der Waals surface area contributed by atoms with Crippen LogP contribution in [0.25, 0.3) is 0 Å². The van der Waals surface area contributed by atoms with Crippen LogP contribution in [-0.2, 0) is 0 Å². The fourth-order valence-corrected chi connectivity index (χ4v) is 3.34. The molecule has 2 atom stereocenters. The van der Waals surface area contributed by atoms with Gasteiger partial charge in [-0.25, -0.2) is 4.39 Å². The van der Waals surface area contributed by atoms with Gasteiger partial charge in [-0.3, -0.25) is 0 Å². The number of hydrogen-bond acceptors (Lipinski definition) is 3. The zero-order valence-corrected chi connectivity index (χ0v) is 12.3. The summed E-state index contributed by atoms with van der Waals surface area (Å²) in [6, 6.07) is 7.71. The van der Waals surface area contributed by atoms with Crippen molar-refractivity contribution in [2.24, 2.45) is 0 Å². The third kappa shape index (κ3) is 3.71. The summed E-state index contributed by atoms with van der Waals surface area (Å²) in [5.41, 5.74) is 1.11. The Balaban J connectivity index is 1.80. The highest BCUT2D eigenvalue weighted by Gasteiger charge is 2.32. The number of thioether (sulfide) groups is 1. The number of halogens is 1. The van der Waals surface area contributed by atoms with Crippen molar-refractivity contribution in [3.05, 3.63) is 35.6 Å². The predicted octanol–water partition coefficient (Wildman–Crippen LogP) is 2.77. The molecule has 1 aliphatic carbocycles. The first-order valence-corrected chi connectivity index (χ1v) is 8.08. The maximum absolute atomic E-state index is 13.1. The molecule has 1 saturated carbocycles. The SMILES string of the molecule is CSC(CO)C(C)NC1CC(c2cccc(F)c2)C1. The number of hydrogen-bond donors (Lipinski definition) is 2. The molecule has 2 unspecified atom stereocenters. The topological polar surface area (TPSA) is 32.3 Å². The molecule has 0 amide bonds. The van der Waals surface area contributed by atoms with Crippen molar-refractivity contribution in [3.63, 3.8) is 0 Å². The normalized spacial score (nSPS) is 25.7. The molecule has 0 bridgehead atoms. The number of rotatable bonds is 6. The van der Waals surface area contributed by atoms with E-state index in [2.05, 4.69) is 12.2 Å². The van der Waals surface area contributed by atoms with E-state index in [9.17, 15) is 9.50 Å². The van der Waals surface area contributed by atoms with Gasteiger partial charge in [-0.1, -0.05) is 12.1 Å². The van der Waals surface area contributed by atoms with Gasteiger partial charge in [0.15, 0.2) is 0 Å². The van der Waals surface area contributed by atoms with Crippen molar-refractivity contribution < 1.29 is 9.50 Å². The number of benzene rings is 1. The van der Waals surface area contributed by atoms with Crippen molar-refractivity contribution in [1.29, 1.82) is 0 Å². The second-order valence-electron chi connectivity index (χ2n) is 5.33. The molecular formula is C15H22FNOS. The fourth-order valence-electron chi connectivity index (χ4n) is 2.70. The second-order valence-corrected chi connectivity index (χ2v) is 6.41. The quantitative estimate of drug-likeness (QED) is 0.842. The highest BCUT2D eigenvalue weighted by atomic mass is 32.2. The lowest BCUT2D eigenvalue weighted by molar-refractivity contribution is 0.235. The Morgan fingerprint density at radius 1 is 1.47 bits per heavy atom. The summed E-state index contributed by atoms with van der Waals surface area (Å²) in [5.74, 6) is 0.326. The Bertz CT molecular complexity index is 405. The Labute approximate surface area is 118 Å². The van der Waals surface area contributed by atoms with Gasteiger partial charge in [-0.15, -0.1) is 0 Å². The van der Waals surface area contributed by atoms with Crippen molar-refractivity contribution in [2.45, 2.75) is 43.0 Å². The monoisotopic (exact) mass is 283 g/mol. The molecule has 0 aromatic heterocycles. The molecule has 2 rings (SSSR count). The largest absolute Gasteiger partial charge is 0.395 e. The molecule has 19 heavy (non-hydrogen) atoms. The van der Waals surface area contributed by atoms with Crippen LogP contribution in [0.5, 0.6) is 0 Å². The summed E-state index contributed by atoms with van der Waals surface area (Å²) < 4.78 is 13.1. The number of aliphatic hydroxyl groups is 1. The number of aliphatic hydroxyl groups excluding tert-OH is 1. The molecule has 0 saturated heterocycles. The van der Waals surface area contributed by atoms with E-state index in [0.717, 1.165) is 18.4 Å². The van der Waals surface area contributed by atoms with Gasteiger partial charge in [0.1, 0.15) is 5.82 Å². The molecule has 0 radical (unpaired) electrons. The summed E-state index contributed by atoms with van der Waals surface area (Å²) in [7, 11) is 0. The van der Waals surface area contributed by atoms with Crippen LogP contribution >= 0.6 is 11.8 Å². The van der Waals surface area contributed by atoms with Crippen LogP contribution < -0.4 is 5.32 Å². The zero-order chi connectivity index (χ0) is 13.8. The molecule has 1 aromatic carbocycles. The Morgan fingerprint density at radius 3 is 2.79 bits per heavy atom. The van der Waals surface area contributed by atoms with Gasteiger partial charge >= 0.3 is 0 Å². The van der Waals surface area contributed by atoms with Crippen LogP contribution in [0.4, 0.5) is 4.39 Å². The molecular weight excluding hydrogens is 261 g/mol. The van der Waals surface area contributed by atoms with Crippen molar-refractivity contribution >= 4 is 11.8 Å². The molecule has 1 fully saturated rings. The molecule has 106 valence electrons. The fraction of sp³-hybridized carbons (Fsp3) is 0.600. The molecule has 0 aliphatic heterocycles. The summed E-state index contributed by atoms with van der Waals surface area (Å²) in [5, 5.41) is 13.1. The van der Waals surface area contributed by atoms with Crippen molar-refractivity contribution in [2.75, 3.05) is 12.9 Å². The molecule has 2 nitrogen and oxygen atoms in total. The van der Waals surface area contributed by atoms with E-state index in [0.29, 0.717) is 18.0 Å². The van der Waals surface area contributed by atoms with E-state index in [1.54, 1.807) is 23.9 Å². The van der Waals surface area contributed by atoms with Crippen LogP contribution in [0.2, 0.25) is 0 Å². The summed E-state index contributed by atoms with van der Waals surface area (Å²) >= 11 is 1.69. The maximum Gasteiger partial charge on any atom is 0.123 e. The van der Waals surface area contributed by atoms with E-state index in [1.807, 2.05) is 12.3 Å². The van der Waals surface area contributed by atoms with Crippen LogP contribution in [0.1, 0.15) is 31.2 Å². The van der Waals surface area contributed by atoms with Gasteiger partial charge in [-0.05, 0) is 49.6 Å². The average molecular weight is 283 g/mol. The van der Waals surface area contributed by atoms with E-state index in [-0.39, 0.29) is 17.7 Å². The Kier molecular flexibility index (Phi) is 5.25. The predicted molar refractivity (Wildman–Crippen MR) is 79.1 cm³/mol. The van der Waals surface area contributed by atoms with Gasteiger partial charge in [0.05, 0.1) is 6.61 Å². The molecule has 4 heteroatoms.